The molecule has 2 aromatic rings. The number of carbonyl (C=O) groups is 1. The highest BCUT2D eigenvalue weighted by Gasteiger charge is 2.33. The molecule has 1 amide bonds. The Balaban J connectivity index is 1.83. The molecule has 0 aliphatic heterocycles. The second-order valence-electron chi connectivity index (χ2n) is 5.27. The number of hydrogen-bond acceptors (Lipinski definition) is 1. The smallest absolute Gasteiger partial charge is 0.257 e. The first kappa shape index (κ1) is 14.1. The summed E-state index contributed by atoms with van der Waals surface area (Å²) in [7, 11) is 0. The molecule has 0 saturated heterocycles. The normalized spacial score (nSPS) is 14.0. The fraction of sp³-hybridized carbons (Fsp3) is 0.235. The molecule has 1 fully saturated rings. The molecule has 2 nitrogen and oxygen atoms in total. The maximum atomic E-state index is 13.8. The summed E-state index contributed by atoms with van der Waals surface area (Å²) in [6, 6.07) is 13.7. The monoisotopic (exact) mass is 303 g/mol. The van der Waals surface area contributed by atoms with E-state index in [0.717, 1.165) is 18.4 Å². The molecule has 4 heteroatoms. The molecule has 0 radical (unpaired) electrons. The van der Waals surface area contributed by atoms with E-state index in [4.69, 9.17) is 11.6 Å². The Kier molecular flexibility index (Phi) is 3.93. The summed E-state index contributed by atoms with van der Waals surface area (Å²) < 4.78 is 13.8. The van der Waals surface area contributed by atoms with Crippen molar-refractivity contribution in [2.24, 2.45) is 0 Å². The number of halogens is 2. The number of amides is 1. The number of nitrogens with zero attached hydrogens (tertiary/aromatic N) is 1. The van der Waals surface area contributed by atoms with Crippen molar-refractivity contribution in [1.29, 1.82) is 0 Å². The SMILES string of the molecule is O=C(c1ccccc1F)N(Cc1ccc(Cl)cc1)C1CC1. The largest absolute Gasteiger partial charge is 0.331 e. The molecular formula is C17H15ClFNO. The molecule has 21 heavy (non-hydrogen) atoms. The standard InChI is InChI=1S/C17H15ClFNO/c18-13-7-5-12(6-8-13)11-20(14-9-10-14)17(21)15-3-1-2-4-16(15)19/h1-8,14H,9-11H2. The Morgan fingerprint density at radius 2 is 1.81 bits per heavy atom. The quantitative estimate of drug-likeness (QED) is 0.825. The van der Waals surface area contributed by atoms with Gasteiger partial charge in [-0.3, -0.25) is 4.79 Å². The van der Waals surface area contributed by atoms with E-state index in [0.29, 0.717) is 11.6 Å². The molecule has 1 aliphatic rings. The minimum Gasteiger partial charge on any atom is -0.331 e. The zero-order valence-electron chi connectivity index (χ0n) is 11.4. The van der Waals surface area contributed by atoms with E-state index < -0.39 is 5.82 Å². The Labute approximate surface area is 128 Å². The van der Waals surface area contributed by atoms with Crippen LogP contribution in [0.4, 0.5) is 4.39 Å². The third-order valence-corrected chi connectivity index (χ3v) is 3.87. The third-order valence-electron chi connectivity index (χ3n) is 3.62. The Bertz CT molecular complexity index is 652. The Morgan fingerprint density at radius 1 is 1.14 bits per heavy atom. The van der Waals surface area contributed by atoms with Crippen molar-refractivity contribution in [3.8, 4) is 0 Å². The minimum atomic E-state index is -0.468. The van der Waals surface area contributed by atoms with Crippen LogP contribution < -0.4 is 0 Å². The van der Waals surface area contributed by atoms with E-state index >= 15 is 0 Å². The van der Waals surface area contributed by atoms with Gasteiger partial charge >= 0.3 is 0 Å². The lowest BCUT2D eigenvalue weighted by Gasteiger charge is -2.23. The van der Waals surface area contributed by atoms with E-state index in [2.05, 4.69) is 0 Å². The van der Waals surface area contributed by atoms with Gasteiger partial charge in [0.05, 0.1) is 5.56 Å². The molecule has 0 bridgehead atoms. The first-order valence-corrected chi connectivity index (χ1v) is 7.33. The molecule has 0 heterocycles. The van der Waals surface area contributed by atoms with Gasteiger partial charge in [0.2, 0.25) is 0 Å². The zero-order valence-corrected chi connectivity index (χ0v) is 12.2. The summed E-state index contributed by atoms with van der Waals surface area (Å²) in [6.07, 6.45) is 1.96. The van der Waals surface area contributed by atoms with Crippen LogP contribution in [0.25, 0.3) is 0 Å². The van der Waals surface area contributed by atoms with Gasteiger partial charge < -0.3 is 4.90 Å². The van der Waals surface area contributed by atoms with E-state index in [1.54, 1.807) is 29.2 Å². The van der Waals surface area contributed by atoms with Gasteiger partial charge in [0.1, 0.15) is 5.82 Å². The van der Waals surface area contributed by atoms with Crippen LogP contribution in [0.15, 0.2) is 48.5 Å². The van der Waals surface area contributed by atoms with Gasteiger partial charge in [-0.2, -0.15) is 0 Å². The van der Waals surface area contributed by atoms with E-state index in [1.807, 2.05) is 12.1 Å². The molecule has 3 rings (SSSR count). The van der Waals surface area contributed by atoms with E-state index in [-0.39, 0.29) is 17.5 Å². The molecule has 2 aromatic carbocycles. The number of rotatable bonds is 4. The van der Waals surface area contributed by atoms with Crippen molar-refractivity contribution in [2.75, 3.05) is 0 Å². The van der Waals surface area contributed by atoms with E-state index in [9.17, 15) is 9.18 Å². The van der Waals surface area contributed by atoms with Crippen LogP contribution in [0.2, 0.25) is 5.02 Å². The van der Waals surface area contributed by atoms with Crippen LogP contribution in [0.1, 0.15) is 28.8 Å². The first-order chi connectivity index (χ1) is 10.1. The highest BCUT2D eigenvalue weighted by Crippen LogP contribution is 2.30. The van der Waals surface area contributed by atoms with Gasteiger partial charge in [-0.15, -0.1) is 0 Å². The van der Waals surface area contributed by atoms with Crippen LogP contribution in [-0.4, -0.2) is 16.8 Å². The molecule has 0 unspecified atom stereocenters. The highest BCUT2D eigenvalue weighted by molar-refractivity contribution is 6.30. The minimum absolute atomic E-state index is 0.137. The second-order valence-corrected chi connectivity index (χ2v) is 5.71. The number of benzene rings is 2. The molecule has 0 spiro atoms. The number of carbonyl (C=O) groups excluding carboxylic acids is 1. The van der Waals surface area contributed by atoms with Crippen LogP contribution >= 0.6 is 11.6 Å². The molecule has 1 saturated carbocycles. The van der Waals surface area contributed by atoms with Crippen LogP contribution in [0.3, 0.4) is 0 Å². The molecule has 0 aromatic heterocycles. The second kappa shape index (κ2) is 5.86. The summed E-state index contributed by atoms with van der Waals surface area (Å²) >= 11 is 5.87. The Morgan fingerprint density at radius 3 is 2.43 bits per heavy atom. The van der Waals surface area contributed by atoms with Crippen molar-refractivity contribution in [2.45, 2.75) is 25.4 Å². The summed E-state index contributed by atoms with van der Waals surface area (Å²) in [5, 5.41) is 0.664. The van der Waals surface area contributed by atoms with Gasteiger partial charge in [0.15, 0.2) is 0 Å². The highest BCUT2D eigenvalue weighted by atomic mass is 35.5. The van der Waals surface area contributed by atoms with Gasteiger partial charge in [0, 0.05) is 17.6 Å². The lowest BCUT2D eigenvalue weighted by Crippen LogP contribution is -2.33. The third kappa shape index (κ3) is 3.24. The molecule has 1 aliphatic carbocycles. The fourth-order valence-electron chi connectivity index (χ4n) is 2.33. The van der Waals surface area contributed by atoms with Gasteiger partial charge in [-0.1, -0.05) is 35.9 Å². The maximum absolute atomic E-state index is 13.8. The van der Waals surface area contributed by atoms with Crippen molar-refractivity contribution >= 4 is 17.5 Å². The summed E-state index contributed by atoms with van der Waals surface area (Å²) in [5.74, 6) is -0.713. The average molecular weight is 304 g/mol. The van der Waals surface area contributed by atoms with Gasteiger partial charge in [-0.25, -0.2) is 4.39 Å². The summed E-state index contributed by atoms with van der Waals surface area (Å²) in [4.78, 5) is 14.3. The zero-order chi connectivity index (χ0) is 14.8. The van der Waals surface area contributed by atoms with Crippen LogP contribution in [0.5, 0.6) is 0 Å². The van der Waals surface area contributed by atoms with Crippen molar-refractivity contribution in [1.82, 2.24) is 4.90 Å². The van der Waals surface area contributed by atoms with Gasteiger partial charge in [-0.05, 0) is 42.7 Å². The van der Waals surface area contributed by atoms with Gasteiger partial charge in [0.25, 0.3) is 5.91 Å². The molecule has 0 N–H and O–H groups in total. The summed E-state index contributed by atoms with van der Waals surface area (Å²) in [6.45, 7) is 0.481. The maximum Gasteiger partial charge on any atom is 0.257 e. The lowest BCUT2D eigenvalue weighted by molar-refractivity contribution is 0.0725. The lowest BCUT2D eigenvalue weighted by atomic mass is 10.1. The first-order valence-electron chi connectivity index (χ1n) is 6.95. The molecule has 108 valence electrons. The molecule has 0 atom stereocenters. The predicted octanol–water partition coefficient (Wildman–Crippen LogP) is 4.28. The van der Waals surface area contributed by atoms with Crippen molar-refractivity contribution < 1.29 is 9.18 Å². The number of hydrogen-bond donors (Lipinski definition) is 0. The topological polar surface area (TPSA) is 20.3 Å². The summed E-state index contributed by atoms with van der Waals surface area (Å²) in [5.41, 5.74) is 1.13. The van der Waals surface area contributed by atoms with Crippen molar-refractivity contribution in [3.05, 3.63) is 70.5 Å². The Hall–Kier alpha value is -1.87. The predicted molar refractivity (Wildman–Crippen MR) is 80.7 cm³/mol. The average Bonchev–Trinajstić information content (AvgIpc) is 3.31. The van der Waals surface area contributed by atoms with E-state index in [1.165, 1.54) is 12.1 Å². The van der Waals surface area contributed by atoms with Crippen LogP contribution in [0, 0.1) is 5.82 Å². The fourth-order valence-corrected chi connectivity index (χ4v) is 2.45. The molecular weight excluding hydrogens is 289 g/mol. The van der Waals surface area contributed by atoms with Crippen LogP contribution in [-0.2, 0) is 6.54 Å². The van der Waals surface area contributed by atoms with Crippen molar-refractivity contribution in [3.63, 3.8) is 0 Å².